The van der Waals surface area contributed by atoms with Gasteiger partial charge in [-0.15, -0.1) is 0 Å². The van der Waals surface area contributed by atoms with Gasteiger partial charge >= 0.3 is 0 Å². The van der Waals surface area contributed by atoms with Crippen molar-refractivity contribution in [1.29, 1.82) is 0 Å². The van der Waals surface area contributed by atoms with Crippen molar-refractivity contribution in [3.63, 3.8) is 0 Å². The van der Waals surface area contributed by atoms with Crippen LogP contribution in [-0.2, 0) is 5.41 Å². The van der Waals surface area contributed by atoms with Crippen LogP contribution < -0.4 is 5.32 Å². The maximum absolute atomic E-state index is 4.51. The van der Waals surface area contributed by atoms with Crippen molar-refractivity contribution < 1.29 is 0 Å². The molecule has 0 saturated carbocycles. The predicted octanol–water partition coefficient (Wildman–Crippen LogP) is 2.11. The van der Waals surface area contributed by atoms with Crippen LogP contribution in [0.1, 0.15) is 45.5 Å². The molecule has 0 aliphatic carbocycles. The molecule has 0 aromatic carbocycles. The summed E-state index contributed by atoms with van der Waals surface area (Å²) in [7, 11) is 0. The van der Waals surface area contributed by atoms with Gasteiger partial charge in [0.15, 0.2) is 0 Å². The summed E-state index contributed by atoms with van der Waals surface area (Å²) in [6.45, 7) is 8.95. The smallest absolute Gasteiger partial charge is 0.114 e. The molecule has 1 N–H and O–H groups in total. The number of rotatable bonds is 1. The first-order chi connectivity index (χ1) is 7.09. The van der Waals surface area contributed by atoms with Crippen LogP contribution in [-0.4, -0.2) is 22.6 Å². The topological polar surface area (TPSA) is 29.9 Å². The van der Waals surface area contributed by atoms with Crippen LogP contribution in [0.3, 0.4) is 0 Å². The monoisotopic (exact) mass is 207 g/mol. The molecule has 2 heterocycles. The molecule has 1 aromatic rings. The first-order valence-corrected chi connectivity index (χ1v) is 5.83. The summed E-state index contributed by atoms with van der Waals surface area (Å²) >= 11 is 0. The van der Waals surface area contributed by atoms with Crippen LogP contribution in [0.4, 0.5) is 0 Å². The van der Waals surface area contributed by atoms with E-state index < -0.39 is 0 Å². The fraction of sp³-hybridized carbons (Fsp3) is 0.750. The summed E-state index contributed by atoms with van der Waals surface area (Å²) in [5, 5.41) is 3.40. The van der Waals surface area contributed by atoms with Gasteiger partial charge in [0, 0.05) is 23.9 Å². The van der Waals surface area contributed by atoms with Crippen molar-refractivity contribution in [3.05, 3.63) is 18.2 Å². The van der Waals surface area contributed by atoms with Gasteiger partial charge < -0.3 is 9.88 Å². The number of nitrogens with zero attached hydrogens (tertiary/aromatic N) is 2. The molecule has 84 valence electrons. The summed E-state index contributed by atoms with van der Waals surface area (Å²) in [6, 6.07) is 0.642. The third kappa shape index (κ3) is 2.23. The minimum absolute atomic E-state index is 0.147. The lowest BCUT2D eigenvalue weighted by molar-refractivity contribution is 0.343. The zero-order valence-electron chi connectivity index (χ0n) is 9.95. The molecule has 1 aromatic heterocycles. The summed E-state index contributed by atoms with van der Waals surface area (Å²) in [5.41, 5.74) is 0.147. The molecule has 1 saturated heterocycles. The molecule has 0 amide bonds. The maximum atomic E-state index is 4.51. The Morgan fingerprint density at radius 3 is 2.60 bits per heavy atom. The maximum Gasteiger partial charge on any atom is 0.114 e. The first kappa shape index (κ1) is 10.7. The van der Waals surface area contributed by atoms with Crippen LogP contribution in [0.15, 0.2) is 12.4 Å². The molecule has 15 heavy (non-hydrogen) atoms. The number of piperidine rings is 1. The van der Waals surface area contributed by atoms with E-state index in [0.29, 0.717) is 6.04 Å². The molecule has 0 unspecified atom stereocenters. The van der Waals surface area contributed by atoms with Crippen LogP contribution in [0.25, 0.3) is 0 Å². The lowest BCUT2D eigenvalue weighted by Crippen LogP contribution is -2.31. The zero-order chi connectivity index (χ0) is 10.9. The predicted molar refractivity (Wildman–Crippen MR) is 62.1 cm³/mol. The Labute approximate surface area is 91.9 Å². The molecule has 0 bridgehead atoms. The van der Waals surface area contributed by atoms with Gasteiger partial charge in [0.05, 0.1) is 0 Å². The molecule has 1 aliphatic heterocycles. The minimum atomic E-state index is 0.147. The van der Waals surface area contributed by atoms with Crippen LogP contribution in [0.2, 0.25) is 0 Å². The largest absolute Gasteiger partial charge is 0.331 e. The van der Waals surface area contributed by atoms with E-state index in [2.05, 4.69) is 41.8 Å². The molecule has 0 atom stereocenters. The summed E-state index contributed by atoms with van der Waals surface area (Å²) in [5.74, 6) is 1.22. The van der Waals surface area contributed by atoms with Gasteiger partial charge in [-0.25, -0.2) is 4.98 Å². The lowest BCUT2D eigenvalue weighted by Gasteiger charge is -2.29. The van der Waals surface area contributed by atoms with Gasteiger partial charge in [-0.05, 0) is 25.9 Å². The van der Waals surface area contributed by atoms with Crippen LogP contribution in [0.5, 0.6) is 0 Å². The Hall–Kier alpha value is -0.830. The van der Waals surface area contributed by atoms with Crippen LogP contribution >= 0.6 is 0 Å². The average Bonchev–Trinajstić information content (AvgIpc) is 2.67. The van der Waals surface area contributed by atoms with E-state index in [1.807, 2.05) is 6.20 Å². The SMILES string of the molecule is CC(C)(C)c1nccn1C1CCNCC1. The Morgan fingerprint density at radius 1 is 1.33 bits per heavy atom. The normalized spacial score (nSPS) is 19.4. The lowest BCUT2D eigenvalue weighted by atomic mass is 9.94. The van der Waals surface area contributed by atoms with E-state index in [1.165, 1.54) is 18.7 Å². The van der Waals surface area contributed by atoms with E-state index >= 15 is 0 Å². The second kappa shape index (κ2) is 3.97. The summed E-state index contributed by atoms with van der Waals surface area (Å²) < 4.78 is 2.38. The van der Waals surface area contributed by atoms with Crippen molar-refractivity contribution in [2.45, 2.75) is 45.1 Å². The fourth-order valence-corrected chi connectivity index (χ4v) is 2.27. The highest BCUT2D eigenvalue weighted by Gasteiger charge is 2.24. The van der Waals surface area contributed by atoms with E-state index in [4.69, 9.17) is 0 Å². The van der Waals surface area contributed by atoms with Gasteiger partial charge in [-0.3, -0.25) is 0 Å². The number of nitrogens with one attached hydrogen (secondary N) is 1. The Bertz CT molecular complexity index is 316. The molecule has 0 radical (unpaired) electrons. The fourth-order valence-electron chi connectivity index (χ4n) is 2.27. The van der Waals surface area contributed by atoms with E-state index in [-0.39, 0.29) is 5.41 Å². The van der Waals surface area contributed by atoms with Gasteiger partial charge in [-0.1, -0.05) is 20.8 Å². The highest BCUT2D eigenvalue weighted by atomic mass is 15.1. The van der Waals surface area contributed by atoms with Crippen LogP contribution in [0, 0.1) is 0 Å². The number of imidazole rings is 1. The van der Waals surface area contributed by atoms with E-state index in [9.17, 15) is 0 Å². The highest BCUT2D eigenvalue weighted by Crippen LogP contribution is 2.27. The Kier molecular flexibility index (Phi) is 2.83. The van der Waals surface area contributed by atoms with Gasteiger partial charge in [0.1, 0.15) is 5.82 Å². The molecule has 3 heteroatoms. The van der Waals surface area contributed by atoms with Crippen molar-refractivity contribution in [2.24, 2.45) is 0 Å². The second-order valence-electron chi connectivity index (χ2n) is 5.39. The number of aromatic nitrogens is 2. The molecular weight excluding hydrogens is 186 g/mol. The van der Waals surface area contributed by atoms with Crippen molar-refractivity contribution in [2.75, 3.05) is 13.1 Å². The molecule has 2 rings (SSSR count). The van der Waals surface area contributed by atoms with Gasteiger partial charge in [-0.2, -0.15) is 0 Å². The Balaban J connectivity index is 2.24. The van der Waals surface area contributed by atoms with E-state index in [1.54, 1.807) is 0 Å². The quantitative estimate of drug-likeness (QED) is 0.764. The molecule has 1 fully saturated rings. The molecular formula is C12H21N3. The number of hydrogen-bond donors (Lipinski definition) is 1. The third-order valence-electron chi connectivity index (χ3n) is 3.04. The zero-order valence-corrected chi connectivity index (χ0v) is 9.95. The standard InChI is InChI=1S/C12H21N3/c1-12(2,3)11-14-8-9-15(11)10-4-6-13-7-5-10/h8-10,13H,4-7H2,1-3H3. The van der Waals surface area contributed by atoms with Gasteiger partial charge in [0.25, 0.3) is 0 Å². The van der Waals surface area contributed by atoms with E-state index in [0.717, 1.165) is 13.1 Å². The molecule has 1 aliphatic rings. The highest BCUT2D eigenvalue weighted by molar-refractivity contribution is 5.06. The first-order valence-electron chi connectivity index (χ1n) is 5.83. The number of hydrogen-bond acceptors (Lipinski definition) is 2. The minimum Gasteiger partial charge on any atom is -0.331 e. The van der Waals surface area contributed by atoms with Crippen molar-refractivity contribution >= 4 is 0 Å². The molecule has 3 nitrogen and oxygen atoms in total. The third-order valence-corrected chi connectivity index (χ3v) is 3.04. The van der Waals surface area contributed by atoms with Gasteiger partial charge in [0.2, 0.25) is 0 Å². The second-order valence-corrected chi connectivity index (χ2v) is 5.39. The summed E-state index contributed by atoms with van der Waals surface area (Å²) in [4.78, 5) is 4.51. The Morgan fingerprint density at radius 2 is 2.00 bits per heavy atom. The average molecular weight is 207 g/mol. The van der Waals surface area contributed by atoms with Crippen molar-refractivity contribution in [3.8, 4) is 0 Å². The molecule has 0 spiro atoms. The summed E-state index contributed by atoms with van der Waals surface area (Å²) in [6.07, 6.45) is 6.51. The van der Waals surface area contributed by atoms with Crippen molar-refractivity contribution in [1.82, 2.24) is 14.9 Å².